The molecule has 0 radical (unpaired) electrons. The van der Waals surface area contributed by atoms with E-state index in [1.807, 2.05) is 0 Å². The molecule has 1 fully saturated rings. The van der Waals surface area contributed by atoms with Gasteiger partial charge >= 0.3 is 0 Å². The minimum absolute atomic E-state index is 0.628. The second-order valence-electron chi connectivity index (χ2n) is 5.15. The zero-order valence-corrected chi connectivity index (χ0v) is 11.5. The van der Waals surface area contributed by atoms with Crippen LogP contribution in [0.15, 0.2) is 0 Å². The summed E-state index contributed by atoms with van der Waals surface area (Å²) in [5.74, 6) is 0. The Morgan fingerprint density at radius 1 is 1.12 bits per heavy atom. The van der Waals surface area contributed by atoms with E-state index in [-0.39, 0.29) is 0 Å². The third-order valence-corrected chi connectivity index (χ3v) is 3.76. The highest BCUT2D eigenvalue weighted by Crippen LogP contribution is 2.10. The van der Waals surface area contributed by atoms with E-state index in [4.69, 9.17) is 0 Å². The van der Waals surface area contributed by atoms with Gasteiger partial charge in [0.2, 0.25) is 0 Å². The topological polar surface area (TPSA) is 18.5 Å². The van der Waals surface area contributed by atoms with Crippen molar-refractivity contribution in [1.82, 2.24) is 15.1 Å². The molecule has 0 aromatic carbocycles. The SMILES string of the molecule is CCCN1CCN(C(C)CC(C)NC)CC1. The van der Waals surface area contributed by atoms with Crippen molar-refractivity contribution < 1.29 is 0 Å². The lowest BCUT2D eigenvalue weighted by atomic mass is 10.1. The summed E-state index contributed by atoms with van der Waals surface area (Å²) >= 11 is 0. The average Bonchev–Trinajstić information content (AvgIpc) is 2.30. The molecule has 0 saturated carbocycles. The van der Waals surface area contributed by atoms with Crippen LogP contribution < -0.4 is 5.32 Å². The fourth-order valence-corrected chi connectivity index (χ4v) is 2.52. The molecule has 1 saturated heterocycles. The zero-order chi connectivity index (χ0) is 12.0. The van der Waals surface area contributed by atoms with Gasteiger partial charge in [-0.05, 0) is 40.3 Å². The van der Waals surface area contributed by atoms with Crippen LogP contribution in [0.3, 0.4) is 0 Å². The predicted octanol–water partition coefficient (Wildman–Crippen LogP) is 1.40. The summed E-state index contributed by atoms with van der Waals surface area (Å²) in [6.07, 6.45) is 2.54. The van der Waals surface area contributed by atoms with Crippen molar-refractivity contribution in [2.75, 3.05) is 39.8 Å². The second kappa shape index (κ2) is 7.25. The standard InChI is InChI=1S/C13H29N3/c1-5-6-15-7-9-16(10-8-15)13(3)11-12(2)14-4/h12-14H,5-11H2,1-4H3. The Morgan fingerprint density at radius 3 is 2.25 bits per heavy atom. The lowest BCUT2D eigenvalue weighted by Crippen LogP contribution is -2.50. The van der Waals surface area contributed by atoms with Crippen LogP contribution in [0.5, 0.6) is 0 Å². The summed E-state index contributed by atoms with van der Waals surface area (Å²) in [7, 11) is 2.05. The van der Waals surface area contributed by atoms with Gasteiger partial charge in [-0.1, -0.05) is 6.92 Å². The summed E-state index contributed by atoms with van der Waals surface area (Å²) in [5, 5.41) is 3.33. The highest BCUT2D eigenvalue weighted by atomic mass is 15.3. The molecule has 0 amide bonds. The maximum Gasteiger partial charge on any atom is 0.0113 e. The smallest absolute Gasteiger partial charge is 0.0113 e. The van der Waals surface area contributed by atoms with Crippen molar-refractivity contribution in [3.8, 4) is 0 Å². The Bertz CT molecular complexity index is 176. The van der Waals surface area contributed by atoms with E-state index < -0.39 is 0 Å². The molecular formula is C13H29N3. The molecule has 0 aromatic rings. The molecule has 16 heavy (non-hydrogen) atoms. The molecule has 0 aromatic heterocycles. The third-order valence-electron chi connectivity index (χ3n) is 3.76. The Hall–Kier alpha value is -0.120. The van der Waals surface area contributed by atoms with E-state index in [2.05, 4.69) is 42.9 Å². The molecule has 1 aliphatic rings. The van der Waals surface area contributed by atoms with E-state index in [0.717, 1.165) is 0 Å². The molecule has 96 valence electrons. The number of nitrogens with one attached hydrogen (secondary N) is 1. The summed E-state index contributed by atoms with van der Waals surface area (Å²) in [4.78, 5) is 5.23. The van der Waals surface area contributed by atoms with Crippen LogP contribution >= 0.6 is 0 Å². The fourth-order valence-electron chi connectivity index (χ4n) is 2.52. The maximum absolute atomic E-state index is 3.33. The Balaban J connectivity index is 2.24. The molecule has 2 atom stereocenters. The molecule has 1 N–H and O–H groups in total. The normalized spacial score (nSPS) is 23.2. The van der Waals surface area contributed by atoms with E-state index in [0.29, 0.717) is 12.1 Å². The lowest BCUT2D eigenvalue weighted by Gasteiger charge is -2.38. The Morgan fingerprint density at radius 2 is 1.75 bits per heavy atom. The van der Waals surface area contributed by atoms with Crippen LogP contribution in [0.4, 0.5) is 0 Å². The van der Waals surface area contributed by atoms with Gasteiger partial charge in [0.1, 0.15) is 0 Å². The van der Waals surface area contributed by atoms with Gasteiger partial charge in [0, 0.05) is 38.3 Å². The first-order valence-corrected chi connectivity index (χ1v) is 6.81. The first kappa shape index (κ1) is 13.9. The van der Waals surface area contributed by atoms with Crippen molar-refractivity contribution in [3.05, 3.63) is 0 Å². The highest BCUT2D eigenvalue weighted by molar-refractivity contribution is 4.78. The van der Waals surface area contributed by atoms with Crippen molar-refractivity contribution in [3.63, 3.8) is 0 Å². The number of piperazine rings is 1. The van der Waals surface area contributed by atoms with Crippen LogP contribution in [0.1, 0.15) is 33.6 Å². The first-order chi connectivity index (χ1) is 7.67. The van der Waals surface area contributed by atoms with E-state index >= 15 is 0 Å². The minimum Gasteiger partial charge on any atom is -0.317 e. The quantitative estimate of drug-likeness (QED) is 0.740. The largest absolute Gasteiger partial charge is 0.317 e. The van der Waals surface area contributed by atoms with E-state index in [1.54, 1.807) is 0 Å². The highest BCUT2D eigenvalue weighted by Gasteiger charge is 2.21. The second-order valence-corrected chi connectivity index (χ2v) is 5.15. The molecule has 2 unspecified atom stereocenters. The van der Waals surface area contributed by atoms with Crippen LogP contribution in [-0.4, -0.2) is 61.7 Å². The van der Waals surface area contributed by atoms with Gasteiger partial charge in [-0.3, -0.25) is 4.90 Å². The summed E-state index contributed by atoms with van der Waals surface area (Å²) in [5.41, 5.74) is 0. The minimum atomic E-state index is 0.628. The van der Waals surface area contributed by atoms with Crippen LogP contribution in [0.2, 0.25) is 0 Å². The molecule has 1 rings (SSSR count). The molecule has 0 spiro atoms. The molecule has 3 nitrogen and oxygen atoms in total. The Labute approximate surface area is 101 Å². The molecule has 1 aliphatic heterocycles. The van der Waals surface area contributed by atoms with Gasteiger partial charge in [-0.25, -0.2) is 0 Å². The van der Waals surface area contributed by atoms with Crippen molar-refractivity contribution in [2.45, 2.75) is 45.7 Å². The van der Waals surface area contributed by atoms with Crippen LogP contribution in [0.25, 0.3) is 0 Å². The Kier molecular flexibility index (Phi) is 6.32. The van der Waals surface area contributed by atoms with Crippen LogP contribution in [-0.2, 0) is 0 Å². The molecule has 3 heteroatoms. The third kappa shape index (κ3) is 4.40. The van der Waals surface area contributed by atoms with Crippen molar-refractivity contribution >= 4 is 0 Å². The first-order valence-electron chi connectivity index (χ1n) is 6.81. The summed E-state index contributed by atoms with van der Waals surface area (Å²) in [6.45, 7) is 13.2. The van der Waals surface area contributed by atoms with Gasteiger partial charge in [0.15, 0.2) is 0 Å². The van der Waals surface area contributed by atoms with E-state index in [1.165, 1.54) is 45.6 Å². The maximum atomic E-state index is 3.33. The predicted molar refractivity (Wildman–Crippen MR) is 70.9 cm³/mol. The summed E-state index contributed by atoms with van der Waals surface area (Å²) in [6, 6.07) is 1.34. The number of rotatable bonds is 6. The number of hydrogen-bond acceptors (Lipinski definition) is 3. The van der Waals surface area contributed by atoms with Gasteiger partial charge < -0.3 is 10.2 Å². The van der Waals surface area contributed by atoms with Crippen molar-refractivity contribution in [1.29, 1.82) is 0 Å². The van der Waals surface area contributed by atoms with Gasteiger partial charge in [0.25, 0.3) is 0 Å². The van der Waals surface area contributed by atoms with Crippen molar-refractivity contribution in [2.24, 2.45) is 0 Å². The molecule has 0 bridgehead atoms. The molecule has 1 heterocycles. The molecule has 0 aliphatic carbocycles. The van der Waals surface area contributed by atoms with Gasteiger partial charge in [-0.15, -0.1) is 0 Å². The summed E-state index contributed by atoms with van der Waals surface area (Å²) < 4.78 is 0. The average molecular weight is 227 g/mol. The monoisotopic (exact) mass is 227 g/mol. The fraction of sp³-hybridized carbons (Fsp3) is 1.00. The van der Waals surface area contributed by atoms with Gasteiger partial charge in [-0.2, -0.15) is 0 Å². The molecular weight excluding hydrogens is 198 g/mol. The zero-order valence-electron chi connectivity index (χ0n) is 11.5. The van der Waals surface area contributed by atoms with Crippen LogP contribution in [0, 0.1) is 0 Å². The number of hydrogen-bond donors (Lipinski definition) is 1. The van der Waals surface area contributed by atoms with Gasteiger partial charge in [0.05, 0.1) is 0 Å². The van der Waals surface area contributed by atoms with E-state index in [9.17, 15) is 0 Å². The lowest BCUT2D eigenvalue weighted by molar-refractivity contribution is 0.0955. The number of nitrogens with zero attached hydrogens (tertiary/aromatic N) is 2.